The van der Waals surface area contributed by atoms with Gasteiger partial charge in [0.05, 0.1) is 0 Å². The van der Waals surface area contributed by atoms with E-state index in [4.69, 9.17) is 9.47 Å². The SMILES string of the molecule is O=C(COc1ccc(F)cc1)N1CCN(c2ccc(Oc3ccccc3)nn2)CC1. The molecule has 1 fully saturated rings. The lowest BCUT2D eigenvalue weighted by molar-refractivity contribution is -0.133. The van der Waals surface area contributed by atoms with Crippen LogP contribution in [0.2, 0.25) is 0 Å². The average Bonchev–Trinajstić information content (AvgIpc) is 2.80. The molecule has 30 heavy (non-hydrogen) atoms. The van der Waals surface area contributed by atoms with E-state index in [0.717, 1.165) is 5.82 Å². The van der Waals surface area contributed by atoms with Crippen LogP contribution in [0.3, 0.4) is 0 Å². The number of carbonyl (C=O) groups excluding carboxylic acids is 1. The summed E-state index contributed by atoms with van der Waals surface area (Å²) in [5.41, 5.74) is 0. The number of para-hydroxylation sites is 1. The van der Waals surface area contributed by atoms with Gasteiger partial charge in [0.25, 0.3) is 5.91 Å². The van der Waals surface area contributed by atoms with Crippen LogP contribution in [0.5, 0.6) is 17.4 Å². The molecule has 7 nitrogen and oxygen atoms in total. The summed E-state index contributed by atoms with van der Waals surface area (Å²) in [7, 11) is 0. The molecule has 0 radical (unpaired) electrons. The van der Waals surface area contributed by atoms with Crippen molar-refractivity contribution in [2.75, 3.05) is 37.7 Å². The third-order valence-corrected chi connectivity index (χ3v) is 4.72. The minimum Gasteiger partial charge on any atom is -0.484 e. The maximum absolute atomic E-state index is 12.9. The third-order valence-electron chi connectivity index (χ3n) is 4.72. The zero-order valence-electron chi connectivity index (χ0n) is 16.3. The summed E-state index contributed by atoms with van der Waals surface area (Å²) in [5.74, 6) is 1.90. The first-order valence-corrected chi connectivity index (χ1v) is 9.65. The lowest BCUT2D eigenvalue weighted by Crippen LogP contribution is -2.50. The molecule has 1 aliphatic rings. The van der Waals surface area contributed by atoms with E-state index in [-0.39, 0.29) is 18.3 Å². The Balaban J connectivity index is 1.25. The fourth-order valence-corrected chi connectivity index (χ4v) is 3.10. The molecule has 0 spiro atoms. The smallest absolute Gasteiger partial charge is 0.260 e. The number of benzene rings is 2. The van der Waals surface area contributed by atoms with Gasteiger partial charge >= 0.3 is 0 Å². The number of hydrogen-bond donors (Lipinski definition) is 0. The van der Waals surface area contributed by atoms with Gasteiger partial charge in [0.15, 0.2) is 12.4 Å². The molecule has 1 amide bonds. The van der Waals surface area contributed by atoms with Crippen molar-refractivity contribution >= 4 is 11.7 Å². The molecular formula is C22H21FN4O3. The Morgan fingerprint density at radius 2 is 1.60 bits per heavy atom. The van der Waals surface area contributed by atoms with Gasteiger partial charge in [-0.15, -0.1) is 10.2 Å². The minimum absolute atomic E-state index is 0.0725. The third kappa shape index (κ3) is 5.02. The van der Waals surface area contributed by atoms with Crippen molar-refractivity contribution in [1.29, 1.82) is 0 Å². The van der Waals surface area contributed by atoms with E-state index in [9.17, 15) is 9.18 Å². The average molecular weight is 408 g/mol. The highest BCUT2D eigenvalue weighted by atomic mass is 19.1. The Morgan fingerprint density at radius 1 is 0.867 bits per heavy atom. The highest BCUT2D eigenvalue weighted by Crippen LogP contribution is 2.20. The lowest BCUT2D eigenvalue weighted by atomic mass is 10.3. The Hall–Kier alpha value is -3.68. The van der Waals surface area contributed by atoms with Gasteiger partial charge in [0, 0.05) is 32.2 Å². The Kier molecular flexibility index (Phi) is 6.03. The number of nitrogens with zero attached hydrogens (tertiary/aromatic N) is 4. The van der Waals surface area contributed by atoms with Crippen molar-refractivity contribution < 1.29 is 18.7 Å². The largest absolute Gasteiger partial charge is 0.484 e. The quantitative estimate of drug-likeness (QED) is 0.624. The Morgan fingerprint density at radius 3 is 2.27 bits per heavy atom. The highest BCUT2D eigenvalue weighted by molar-refractivity contribution is 5.78. The van der Waals surface area contributed by atoms with E-state index in [0.29, 0.717) is 43.6 Å². The van der Waals surface area contributed by atoms with Crippen molar-refractivity contribution in [2.24, 2.45) is 0 Å². The van der Waals surface area contributed by atoms with Gasteiger partial charge < -0.3 is 19.3 Å². The van der Waals surface area contributed by atoms with Gasteiger partial charge in [0.1, 0.15) is 17.3 Å². The van der Waals surface area contributed by atoms with Crippen LogP contribution in [-0.2, 0) is 4.79 Å². The van der Waals surface area contributed by atoms with E-state index in [1.165, 1.54) is 24.3 Å². The van der Waals surface area contributed by atoms with Crippen LogP contribution in [0.25, 0.3) is 0 Å². The maximum Gasteiger partial charge on any atom is 0.260 e. The zero-order valence-corrected chi connectivity index (χ0v) is 16.3. The first kappa shape index (κ1) is 19.6. The summed E-state index contributed by atoms with van der Waals surface area (Å²) in [6.07, 6.45) is 0. The zero-order chi connectivity index (χ0) is 20.8. The molecular weight excluding hydrogens is 387 g/mol. The summed E-state index contributed by atoms with van der Waals surface area (Å²) in [6, 6.07) is 18.7. The van der Waals surface area contributed by atoms with Gasteiger partial charge in [-0.1, -0.05) is 18.2 Å². The van der Waals surface area contributed by atoms with E-state index in [2.05, 4.69) is 15.1 Å². The van der Waals surface area contributed by atoms with Crippen LogP contribution in [0.4, 0.5) is 10.2 Å². The first-order chi connectivity index (χ1) is 14.7. The van der Waals surface area contributed by atoms with E-state index < -0.39 is 0 Å². The molecule has 1 aromatic heterocycles. The second kappa shape index (κ2) is 9.21. The lowest BCUT2D eigenvalue weighted by Gasteiger charge is -2.35. The first-order valence-electron chi connectivity index (χ1n) is 9.65. The van der Waals surface area contributed by atoms with Crippen LogP contribution in [0.1, 0.15) is 0 Å². The number of rotatable bonds is 6. The maximum atomic E-state index is 12.9. The highest BCUT2D eigenvalue weighted by Gasteiger charge is 2.22. The van der Waals surface area contributed by atoms with Gasteiger partial charge in [0.2, 0.25) is 5.88 Å². The monoisotopic (exact) mass is 408 g/mol. The van der Waals surface area contributed by atoms with Crippen molar-refractivity contribution in [3.63, 3.8) is 0 Å². The number of anilines is 1. The number of piperazine rings is 1. The van der Waals surface area contributed by atoms with Crippen molar-refractivity contribution in [3.05, 3.63) is 72.5 Å². The van der Waals surface area contributed by atoms with Gasteiger partial charge in [-0.3, -0.25) is 4.79 Å². The molecule has 0 saturated carbocycles. The van der Waals surface area contributed by atoms with Gasteiger partial charge in [-0.05, 0) is 42.5 Å². The Bertz CT molecular complexity index is 960. The second-order valence-electron chi connectivity index (χ2n) is 6.76. The summed E-state index contributed by atoms with van der Waals surface area (Å²) in [5, 5.41) is 8.38. The summed E-state index contributed by atoms with van der Waals surface area (Å²) in [6.45, 7) is 2.35. The summed E-state index contributed by atoms with van der Waals surface area (Å²) >= 11 is 0. The number of hydrogen-bond acceptors (Lipinski definition) is 6. The molecule has 0 N–H and O–H groups in total. The minimum atomic E-state index is -0.340. The molecule has 4 rings (SSSR count). The van der Waals surface area contributed by atoms with Gasteiger partial charge in [-0.25, -0.2) is 4.39 Å². The molecule has 8 heteroatoms. The Labute approximate surface area is 173 Å². The molecule has 0 atom stereocenters. The van der Waals surface area contributed by atoms with Crippen LogP contribution in [-0.4, -0.2) is 53.8 Å². The fourth-order valence-electron chi connectivity index (χ4n) is 3.10. The van der Waals surface area contributed by atoms with E-state index in [1.54, 1.807) is 11.0 Å². The van der Waals surface area contributed by atoms with Crippen molar-refractivity contribution in [2.45, 2.75) is 0 Å². The van der Waals surface area contributed by atoms with Crippen LogP contribution in [0.15, 0.2) is 66.7 Å². The number of halogens is 1. The van der Waals surface area contributed by atoms with E-state index in [1.807, 2.05) is 36.4 Å². The number of aromatic nitrogens is 2. The molecule has 3 aromatic rings. The summed E-state index contributed by atoms with van der Waals surface area (Å²) < 4.78 is 24.0. The normalized spacial score (nSPS) is 13.8. The molecule has 1 aliphatic heterocycles. The number of carbonyl (C=O) groups is 1. The molecule has 0 aliphatic carbocycles. The predicted octanol–water partition coefficient (Wildman–Crippen LogP) is 3.14. The van der Waals surface area contributed by atoms with Crippen molar-refractivity contribution in [3.8, 4) is 17.4 Å². The fraction of sp³-hybridized carbons (Fsp3) is 0.227. The summed E-state index contributed by atoms with van der Waals surface area (Å²) in [4.78, 5) is 16.2. The predicted molar refractivity (Wildman–Crippen MR) is 109 cm³/mol. The molecule has 154 valence electrons. The molecule has 1 saturated heterocycles. The molecule has 0 bridgehead atoms. The number of amides is 1. The second-order valence-corrected chi connectivity index (χ2v) is 6.76. The van der Waals surface area contributed by atoms with Crippen LogP contribution < -0.4 is 14.4 Å². The topological polar surface area (TPSA) is 67.8 Å². The standard InChI is InChI=1S/C22H21FN4O3/c23-17-6-8-18(9-7-17)29-16-22(28)27-14-12-26(13-15-27)20-10-11-21(25-24-20)30-19-4-2-1-3-5-19/h1-11H,12-16H2. The number of ether oxygens (including phenoxy) is 2. The molecule has 2 heterocycles. The molecule has 2 aromatic carbocycles. The van der Waals surface area contributed by atoms with Crippen LogP contribution in [0, 0.1) is 5.82 Å². The van der Waals surface area contributed by atoms with Gasteiger partial charge in [-0.2, -0.15) is 0 Å². The van der Waals surface area contributed by atoms with Crippen LogP contribution >= 0.6 is 0 Å². The van der Waals surface area contributed by atoms with Crippen molar-refractivity contribution in [1.82, 2.24) is 15.1 Å². The molecule has 0 unspecified atom stereocenters. The van der Waals surface area contributed by atoms with E-state index >= 15 is 0 Å².